The fraction of sp³-hybridized carbons (Fsp3) is 0. The highest BCUT2D eigenvalue weighted by molar-refractivity contribution is 6.74. The molecule has 2 fully saturated rings. The quantitative estimate of drug-likeness (QED) is 0.344. The van der Waals surface area contributed by atoms with Crippen molar-refractivity contribution in [2.75, 3.05) is 0 Å². The lowest BCUT2D eigenvalue weighted by Crippen LogP contribution is -2.59. The Kier molecular flexibility index (Phi) is 21.6. The maximum atomic E-state index is 8.42. The summed E-state index contributed by atoms with van der Waals surface area (Å²) in [5.74, 6) is 0. The van der Waals surface area contributed by atoms with Gasteiger partial charge in [0.2, 0.25) is 0 Å². The van der Waals surface area contributed by atoms with Crippen LogP contribution >= 0.6 is 0 Å². The lowest BCUT2D eigenvalue weighted by molar-refractivity contribution is 0.0834. The van der Waals surface area contributed by atoms with Gasteiger partial charge in [0.25, 0.3) is 0 Å². The van der Waals surface area contributed by atoms with Gasteiger partial charge < -0.3 is 67.1 Å². The van der Waals surface area contributed by atoms with E-state index in [9.17, 15) is 0 Å². The predicted molar refractivity (Wildman–Crippen MR) is 57.4 cm³/mol. The summed E-state index contributed by atoms with van der Waals surface area (Å²) >= 11 is 0. The Balaban J connectivity index is -0.0000000800. The van der Waals surface area contributed by atoms with Crippen LogP contribution in [0.4, 0.5) is 0 Å². The first-order valence-corrected chi connectivity index (χ1v) is 2.87. The zero-order chi connectivity index (χ0) is 7.84. The molecular formula is H16B4N2O11. The van der Waals surface area contributed by atoms with Crippen molar-refractivity contribution in [1.82, 2.24) is 12.3 Å². The Labute approximate surface area is 97.4 Å². The third-order valence-electron chi connectivity index (χ3n) is 1.13. The lowest BCUT2D eigenvalue weighted by Gasteiger charge is -2.31. The minimum Gasteiger partial charge on any atom is -0.412 e. The molecule has 0 saturated carbocycles. The SMILES string of the molecule is N.N.O.O.O.O.OB1OB(OB2OB(O)O2)O1. The van der Waals surface area contributed by atoms with Gasteiger partial charge in [0, 0.05) is 0 Å². The maximum absolute atomic E-state index is 8.42. The molecule has 0 aromatic heterocycles. The molecule has 0 atom stereocenters. The lowest BCUT2D eigenvalue weighted by atomic mass is 9.90. The average molecular weight is 263 g/mol. The Morgan fingerprint density at radius 2 is 0.882 bits per heavy atom. The number of rotatable bonds is 2. The molecule has 16 N–H and O–H groups in total. The van der Waals surface area contributed by atoms with E-state index in [0.717, 1.165) is 0 Å². The van der Waals surface area contributed by atoms with Crippen molar-refractivity contribution in [1.29, 1.82) is 0 Å². The molecule has 0 spiro atoms. The van der Waals surface area contributed by atoms with Crippen molar-refractivity contribution >= 4 is 29.3 Å². The van der Waals surface area contributed by atoms with E-state index in [1.165, 1.54) is 0 Å². The maximum Gasteiger partial charge on any atom is 0.612 e. The normalized spacial score (nSPS) is 15.2. The molecule has 0 aromatic rings. The van der Waals surface area contributed by atoms with Crippen LogP contribution in [0.25, 0.3) is 0 Å². The highest BCUT2D eigenvalue weighted by Crippen LogP contribution is 2.14. The van der Waals surface area contributed by atoms with E-state index in [0.29, 0.717) is 0 Å². The average Bonchev–Trinajstić information content (AvgIpc) is 1.81. The summed E-state index contributed by atoms with van der Waals surface area (Å²) in [5, 5.41) is 16.8. The van der Waals surface area contributed by atoms with Crippen LogP contribution in [0, 0.1) is 0 Å². The minimum atomic E-state index is -1.25. The summed E-state index contributed by atoms with van der Waals surface area (Å²) < 4.78 is 22.5. The molecule has 2 rings (SSSR count). The van der Waals surface area contributed by atoms with Gasteiger partial charge in [0.1, 0.15) is 0 Å². The molecular weight excluding hydrogens is 247 g/mol. The van der Waals surface area contributed by atoms with E-state index in [4.69, 9.17) is 10.0 Å². The summed E-state index contributed by atoms with van der Waals surface area (Å²) in [5.41, 5.74) is 0. The van der Waals surface area contributed by atoms with Crippen molar-refractivity contribution in [2.24, 2.45) is 0 Å². The molecule has 2 saturated heterocycles. The molecule has 2 aliphatic heterocycles. The first kappa shape index (κ1) is 30.1. The van der Waals surface area contributed by atoms with Gasteiger partial charge in [-0.15, -0.1) is 0 Å². The van der Waals surface area contributed by atoms with Crippen LogP contribution in [0.3, 0.4) is 0 Å². The van der Waals surface area contributed by atoms with Crippen LogP contribution in [0.5, 0.6) is 0 Å². The van der Waals surface area contributed by atoms with E-state index < -0.39 is 29.3 Å². The topological polar surface area (TPSA) is 283 Å². The van der Waals surface area contributed by atoms with Gasteiger partial charge in [-0.2, -0.15) is 0 Å². The number of hydrogen-bond acceptors (Lipinski definition) is 9. The molecule has 2 heterocycles. The molecule has 0 aliphatic carbocycles. The molecule has 0 aromatic carbocycles. The molecule has 17 heteroatoms. The smallest absolute Gasteiger partial charge is 0.412 e. The standard InChI is InChI=1S/B4H2O7.2H3N.4H2O/c5-1-7-3(8-1)11-4-9-2(6)10-4;;;;;;/h5-6H;2*1H3;4*1H2. The van der Waals surface area contributed by atoms with Crippen molar-refractivity contribution in [3.63, 3.8) is 0 Å². The summed E-state index contributed by atoms with van der Waals surface area (Å²) in [6.45, 7) is 0. The molecule has 104 valence electrons. The number of hydrogen-bond donors (Lipinski definition) is 4. The summed E-state index contributed by atoms with van der Waals surface area (Å²) in [6.07, 6.45) is 0. The second kappa shape index (κ2) is 12.2. The van der Waals surface area contributed by atoms with Crippen molar-refractivity contribution < 1.29 is 54.8 Å². The van der Waals surface area contributed by atoms with Crippen molar-refractivity contribution in [3.05, 3.63) is 0 Å². The van der Waals surface area contributed by atoms with Crippen LogP contribution in [-0.2, 0) is 22.9 Å². The van der Waals surface area contributed by atoms with E-state index in [2.05, 4.69) is 22.9 Å². The van der Waals surface area contributed by atoms with Crippen LogP contribution < -0.4 is 12.3 Å². The van der Waals surface area contributed by atoms with Crippen LogP contribution in [-0.4, -0.2) is 61.2 Å². The zero-order valence-corrected chi connectivity index (χ0v) is 8.66. The van der Waals surface area contributed by atoms with Gasteiger partial charge in [0.15, 0.2) is 0 Å². The minimum absolute atomic E-state index is 0. The molecule has 17 heavy (non-hydrogen) atoms. The summed E-state index contributed by atoms with van der Waals surface area (Å²) in [4.78, 5) is 0. The van der Waals surface area contributed by atoms with Gasteiger partial charge in [-0.25, -0.2) is 0 Å². The molecule has 2 aliphatic rings. The van der Waals surface area contributed by atoms with E-state index >= 15 is 0 Å². The second-order valence-electron chi connectivity index (χ2n) is 1.87. The summed E-state index contributed by atoms with van der Waals surface area (Å²) in [6, 6.07) is 0. The molecule has 0 bridgehead atoms. The van der Waals surface area contributed by atoms with Gasteiger partial charge in [-0.3, -0.25) is 0 Å². The van der Waals surface area contributed by atoms with Gasteiger partial charge in [0.05, 0.1) is 0 Å². The van der Waals surface area contributed by atoms with Crippen molar-refractivity contribution in [2.45, 2.75) is 0 Å². The zero-order valence-electron chi connectivity index (χ0n) is 8.66. The van der Waals surface area contributed by atoms with Crippen LogP contribution in [0.2, 0.25) is 0 Å². The second-order valence-corrected chi connectivity index (χ2v) is 1.87. The van der Waals surface area contributed by atoms with Gasteiger partial charge in [-0.05, 0) is 0 Å². The van der Waals surface area contributed by atoms with Gasteiger partial charge in [-0.1, -0.05) is 0 Å². The fourth-order valence-corrected chi connectivity index (χ4v) is 0.620. The van der Waals surface area contributed by atoms with Crippen LogP contribution in [0.15, 0.2) is 0 Å². The highest BCUT2D eigenvalue weighted by Gasteiger charge is 2.52. The molecule has 0 unspecified atom stereocenters. The van der Waals surface area contributed by atoms with E-state index in [1.54, 1.807) is 0 Å². The molecule has 0 radical (unpaired) electrons. The molecule has 0 amide bonds. The summed E-state index contributed by atoms with van der Waals surface area (Å²) in [7, 11) is -4.46. The van der Waals surface area contributed by atoms with Crippen molar-refractivity contribution in [3.8, 4) is 0 Å². The largest absolute Gasteiger partial charge is 0.612 e. The van der Waals surface area contributed by atoms with E-state index in [-0.39, 0.29) is 34.2 Å². The Hall–Kier alpha value is -0.260. The Morgan fingerprint density at radius 3 is 1.06 bits per heavy atom. The fourth-order valence-electron chi connectivity index (χ4n) is 0.620. The first-order valence-electron chi connectivity index (χ1n) is 2.87. The predicted octanol–water partition coefficient (Wildman–Crippen LogP) is -5.95. The first-order chi connectivity index (χ1) is 5.24. The van der Waals surface area contributed by atoms with Gasteiger partial charge >= 0.3 is 29.3 Å². The molecule has 13 nitrogen and oxygen atoms in total. The van der Waals surface area contributed by atoms with Crippen LogP contribution in [0.1, 0.15) is 0 Å². The third kappa shape index (κ3) is 7.63. The Bertz CT molecular complexity index is 132. The Morgan fingerprint density at radius 1 is 0.647 bits per heavy atom. The highest BCUT2D eigenvalue weighted by atomic mass is 16.9. The monoisotopic (exact) mass is 264 g/mol. The van der Waals surface area contributed by atoms with E-state index in [1.807, 2.05) is 0 Å². The third-order valence-corrected chi connectivity index (χ3v) is 1.13.